The summed E-state index contributed by atoms with van der Waals surface area (Å²) in [5.41, 5.74) is 0.102. The van der Waals surface area contributed by atoms with Crippen LogP contribution in [0.4, 0.5) is 18.9 Å². The van der Waals surface area contributed by atoms with Gasteiger partial charge in [-0.1, -0.05) is 19.9 Å². The molecule has 0 amide bonds. The van der Waals surface area contributed by atoms with E-state index < -0.39 is 11.7 Å². The van der Waals surface area contributed by atoms with Gasteiger partial charge in [-0.2, -0.15) is 13.2 Å². The summed E-state index contributed by atoms with van der Waals surface area (Å²) in [7, 11) is 0. The highest BCUT2D eigenvalue weighted by atomic mass is 19.4. The third-order valence-electron chi connectivity index (χ3n) is 3.64. The van der Waals surface area contributed by atoms with Crippen LogP contribution >= 0.6 is 0 Å². The second-order valence-corrected chi connectivity index (χ2v) is 5.71. The van der Waals surface area contributed by atoms with Crippen LogP contribution in [-0.4, -0.2) is 25.7 Å². The largest absolute Gasteiger partial charge is 0.416 e. The topological polar surface area (TPSA) is 15.3 Å². The van der Waals surface area contributed by atoms with E-state index in [0.717, 1.165) is 32.1 Å². The summed E-state index contributed by atoms with van der Waals surface area (Å²) in [4.78, 5) is 2.04. The number of hydrogen-bond donors (Lipinski definition) is 1. The van der Waals surface area contributed by atoms with Gasteiger partial charge in [0.25, 0.3) is 0 Å². The van der Waals surface area contributed by atoms with Crippen molar-refractivity contribution in [3.63, 3.8) is 0 Å². The fourth-order valence-corrected chi connectivity index (χ4v) is 2.52. The lowest BCUT2D eigenvalue weighted by molar-refractivity contribution is -0.137. The molecule has 0 bridgehead atoms. The summed E-state index contributed by atoms with van der Waals surface area (Å²) in [6, 6.07) is 6.05. The molecule has 1 atom stereocenters. The number of halogens is 3. The summed E-state index contributed by atoms with van der Waals surface area (Å²) in [5.74, 6) is 0.506. The van der Waals surface area contributed by atoms with Crippen LogP contribution in [0.25, 0.3) is 0 Å². The predicted molar refractivity (Wildman–Crippen MR) is 74.9 cm³/mol. The van der Waals surface area contributed by atoms with Gasteiger partial charge in [-0.25, -0.2) is 0 Å². The molecule has 20 heavy (non-hydrogen) atoms. The van der Waals surface area contributed by atoms with Gasteiger partial charge in [0, 0.05) is 24.8 Å². The molecule has 1 heterocycles. The molecule has 1 aromatic rings. The minimum atomic E-state index is -4.27. The molecule has 0 spiro atoms. The lowest BCUT2D eigenvalue weighted by Gasteiger charge is -2.20. The molecule has 0 radical (unpaired) electrons. The van der Waals surface area contributed by atoms with Crippen molar-refractivity contribution in [2.24, 2.45) is 5.92 Å². The SMILES string of the molecule is CC(C)NCC1CCN(c2cccc(C(F)(F)F)c2)C1. The average molecular weight is 286 g/mol. The van der Waals surface area contributed by atoms with Crippen molar-refractivity contribution >= 4 is 5.69 Å². The normalized spacial score (nSPS) is 19.9. The Hall–Kier alpha value is -1.23. The van der Waals surface area contributed by atoms with Crippen molar-refractivity contribution in [3.05, 3.63) is 29.8 Å². The Morgan fingerprint density at radius 2 is 2.10 bits per heavy atom. The van der Waals surface area contributed by atoms with Crippen LogP contribution in [0.15, 0.2) is 24.3 Å². The molecule has 112 valence electrons. The maximum atomic E-state index is 12.7. The number of benzene rings is 1. The number of alkyl halides is 3. The molecule has 2 nitrogen and oxygen atoms in total. The molecule has 0 aromatic heterocycles. The number of rotatable bonds is 4. The summed E-state index contributed by atoms with van der Waals surface area (Å²) in [5, 5.41) is 3.39. The molecule has 5 heteroatoms. The van der Waals surface area contributed by atoms with E-state index in [1.54, 1.807) is 6.07 Å². The average Bonchev–Trinajstić information content (AvgIpc) is 2.84. The zero-order valence-corrected chi connectivity index (χ0v) is 11.9. The quantitative estimate of drug-likeness (QED) is 0.911. The van der Waals surface area contributed by atoms with Crippen molar-refractivity contribution in [2.45, 2.75) is 32.5 Å². The van der Waals surface area contributed by atoms with Gasteiger partial charge in [-0.15, -0.1) is 0 Å². The Balaban J connectivity index is 1.99. The van der Waals surface area contributed by atoms with E-state index in [2.05, 4.69) is 19.2 Å². The van der Waals surface area contributed by atoms with Crippen LogP contribution in [0, 0.1) is 5.92 Å². The first kappa shape index (κ1) is 15.2. The van der Waals surface area contributed by atoms with Crippen LogP contribution < -0.4 is 10.2 Å². The van der Waals surface area contributed by atoms with Crippen LogP contribution in [0.1, 0.15) is 25.8 Å². The maximum absolute atomic E-state index is 12.7. The zero-order chi connectivity index (χ0) is 14.8. The fraction of sp³-hybridized carbons (Fsp3) is 0.600. The van der Waals surface area contributed by atoms with E-state index >= 15 is 0 Å². The molecule has 1 aliphatic rings. The smallest absolute Gasteiger partial charge is 0.371 e. The first-order valence-corrected chi connectivity index (χ1v) is 7.02. The predicted octanol–water partition coefficient (Wildman–Crippen LogP) is 3.53. The Labute approximate surface area is 118 Å². The number of nitrogens with one attached hydrogen (secondary N) is 1. The molecule has 0 aliphatic carbocycles. The Bertz CT molecular complexity index is 443. The molecule has 1 N–H and O–H groups in total. The Morgan fingerprint density at radius 1 is 1.35 bits per heavy atom. The molecular formula is C15H21F3N2. The number of anilines is 1. The lowest BCUT2D eigenvalue weighted by Crippen LogP contribution is -2.30. The van der Waals surface area contributed by atoms with Gasteiger partial charge >= 0.3 is 6.18 Å². The van der Waals surface area contributed by atoms with Gasteiger partial charge in [-0.3, -0.25) is 0 Å². The highest BCUT2D eigenvalue weighted by molar-refractivity contribution is 5.50. The van der Waals surface area contributed by atoms with Crippen molar-refractivity contribution in [3.8, 4) is 0 Å². The van der Waals surface area contributed by atoms with E-state index in [1.807, 2.05) is 4.90 Å². The van der Waals surface area contributed by atoms with Gasteiger partial charge in [0.2, 0.25) is 0 Å². The first-order chi connectivity index (χ1) is 9.36. The number of hydrogen-bond acceptors (Lipinski definition) is 2. The molecular weight excluding hydrogens is 265 g/mol. The van der Waals surface area contributed by atoms with Gasteiger partial charge < -0.3 is 10.2 Å². The van der Waals surface area contributed by atoms with Crippen LogP contribution in [0.5, 0.6) is 0 Å². The summed E-state index contributed by atoms with van der Waals surface area (Å²) in [6.45, 7) is 6.76. The van der Waals surface area contributed by atoms with Crippen LogP contribution in [0.3, 0.4) is 0 Å². The second kappa shape index (κ2) is 6.04. The zero-order valence-electron chi connectivity index (χ0n) is 11.9. The molecule has 0 saturated carbocycles. The van der Waals surface area contributed by atoms with E-state index in [9.17, 15) is 13.2 Å². The monoisotopic (exact) mass is 286 g/mol. The molecule has 1 fully saturated rings. The van der Waals surface area contributed by atoms with Crippen LogP contribution in [-0.2, 0) is 6.18 Å². The third-order valence-corrected chi connectivity index (χ3v) is 3.64. The second-order valence-electron chi connectivity index (χ2n) is 5.71. The van der Waals surface area contributed by atoms with Gasteiger partial charge in [-0.05, 0) is 37.1 Å². The van der Waals surface area contributed by atoms with E-state index in [0.29, 0.717) is 17.6 Å². The lowest BCUT2D eigenvalue weighted by atomic mass is 10.1. The minimum absolute atomic E-state index is 0.442. The Kier molecular flexibility index (Phi) is 4.58. The van der Waals surface area contributed by atoms with Gasteiger partial charge in [0.1, 0.15) is 0 Å². The third kappa shape index (κ3) is 3.88. The molecule has 1 aromatic carbocycles. The van der Waals surface area contributed by atoms with Crippen molar-refractivity contribution in [2.75, 3.05) is 24.5 Å². The number of nitrogens with zero attached hydrogens (tertiary/aromatic N) is 1. The minimum Gasteiger partial charge on any atom is -0.371 e. The maximum Gasteiger partial charge on any atom is 0.416 e. The van der Waals surface area contributed by atoms with E-state index in [4.69, 9.17) is 0 Å². The van der Waals surface area contributed by atoms with Crippen LogP contribution in [0.2, 0.25) is 0 Å². The Morgan fingerprint density at radius 3 is 2.75 bits per heavy atom. The van der Waals surface area contributed by atoms with E-state index in [-0.39, 0.29) is 0 Å². The first-order valence-electron chi connectivity index (χ1n) is 7.02. The van der Waals surface area contributed by atoms with Gasteiger partial charge in [0.15, 0.2) is 0 Å². The van der Waals surface area contributed by atoms with Crippen molar-refractivity contribution < 1.29 is 13.2 Å². The molecule has 2 rings (SSSR count). The highest BCUT2D eigenvalue weighted by Gasteiger charge is 2.31. The van der Waals surface area contributed by atoms with E-state index in [1.165, 1.54) is 12.1 Å². The molecule has 1 aliphatic heterocycles. The summed E-state index contributed by atoms with van der Waals surface area (Å²) in [6.07, 6.45) is -3.25. The van der Waals surface area contributed by atoms with Gasteiger partial charge in [0.05, 0.1) is 5.56 Å². The molecule has 1 unspecified atom stereocenters. The molecule has 1 saturated heterocycles. The standard InChI is InChI=1S/C15H21F3N2/c1-11(2)19-9-12-6-7-20(10-12)14-5-3-4-13(8-14)15(16,17)18/h3-5,8,11-12,19H,6-7,9-10H2,1-2H3. The van der Waals surface area contributed by atoms with Crippen molar-refractivity contribution in [1.29, 1.82) is 0 Å². The fourth-order valence-electron chi connectivity index (χ4n) is 2.52. The highest BCUT2D eigenvalue weighted by Crippen LogP contribution is 2.33. The van der Waals surface area contributed by atoms with Crippen molar-refractivity contribution in [1.82, 2.24) is 5.32 Å². The summed E-state index contributed by atoms with van der Waals surface area (Å²) < 4.78 is 38.1. The summed E-state index contributed by atoms with van der Waals surface area (Å²) >= 11 is 0.